The lowest BCUT2D eigenvalue weighted by molar-refractivity contribution is -0.137. The predicted octanol–water partition coefficient (Wildman–Crippen LogP) is 3.13. The second kappa shape index (κ2) is 9.16. The molecule has 1 aliphatic heterocycles. The third-order valence-electron chi connectivity index (χ3n) is 3.88. The minimum atomic E-state index is -4.47. The van der Waals surface area contributed by atoms with Gasteiger partial charge in [0.05, 0.1) is 11.6 Å². The van der Waals surface area contributed by atoms with Crippen LogP contribution < -0.4 is 5.32 Å². The first-order chi connectivity index (χ1) is 11.5. The number of carbonyl (C=O) groups is 1. The highest BCUT2D eigenvalue weighted by Crippen LogP contribution is 2.29. The molecule has 0 spiro atoms. The number of hydrogen-bond donors (Lipinski definition) is 1. The Kier molecular flexibility index (Phi) is 7.80. The third kappa shape index (κ3) is 4.84. The molecule has 1 aliphatic rings. The number of piperazine rings is 1. The Bertz CT molecular complexity index is 714. The molecule has 1 unspecified atom stereocenters. The highest BCUT2D eigenvalue weighted by atomic mass is 35.5. The summed E-state index contributed by atoms with van der Waals surface area (Å²) in [5, 5.41) is 3.21. The molecular formula is C16H17Cl2F3N4O. The van der Waals surface area contributed by atoms with Crippen LogP contribution in [0.25, 0.3) is 0 Å². The predicted molar refractivity (Wildman–Crippen MR) is 94.6 cm³/mol. The Hall–Kier alpha value is -1.90. The summed E-state index contributed by atoms with van der Waals surface area (Å²) < 4.78 is 37.8. The van der Waals surface area contributed by atoms with Gasteiger partial charge in [-0.2, -0.15) is 13.2 Å². The van der Waals surface area contributed by atoms with E-state index in [1.54, 1.807) is 23.4 Å². The van der Waals surface area contributed by atoms with Crippen molar-refractivity contribution in [1.29, 1.82) is 0 Å². The minimum Gasteiger partial charge on any atom is -0.328 e. The van der Waals surface area contributed by atoms with E-state index in [4.69, 9.17) is 0 Å². The molecule has 0 saturated carbocycles. The Morgan fingerprint density at radius 3 is 2.54 bits per heavy atom. The van der Waals surface area contributed by atoms with Gasteiger partial charge in [0.2, 0.25) is 0 Å². The van der Waals surface area contributed by atoms with Gasteiger partial charge >= 0.3 is 6.18 Å². The molecule has 0 radical (unpaired) electrons. The average molecular weight is 409 g/mol. The Morgan fingerprint density at radius 2 is 1.96 bits per heavy atom. The van der Waals surface area contributed by atoms with Crippen molar-refractivity contribution in [3.8, 4) is 0 Å². The van der Waals surface area contributed by atoms with Gasteiger partial charge in [0.1, 0.15) is 5.69 Å². The molecule has 0 bridgehead atoms. The first-order valence-electron chi connectivity index (χ1n) is 7.41. The molecule has 2 aromatic heterocycles. The van der Waals surface area contributed by atoms with E-state index in [1.807, 2.05) is 6.07 Å². The topological polar surface area (TPSA) is 58.1 Å². The molecule has 26 heavy (non-hydrogen) atoms. The van der Waals surface area contributed by atoms with Crippen molar-refractivity contribution in [2.75, 3.05) is 19.6 Å². The smallest absolute Gasteiger partial charge is 0.328 e. The van der Waals surface area contributed by atoms with Crippen LogP contribution in [-0.2, 0) is 6.18 Å². The van der Waals surface area contributed by atoms with Gasteiger partial charge in [-0.1, -0.05) is 6.07 Å². The van der Waals surface area contributed by atoms with E-state index in [9.17, 15) is 18.0 Å². The molecule has 1 fully saturated rings. The molecule has 142 valence electrons. The van der Waals surface area contributed by atoms with Gasteiger partial charge in [-0.15, -0.1) is 24.8 Å². The van der Waals surface area contributed by atoms with Crippen molar-refractivity contribution in [3.05, 3.63) is 59.7 Å². The number of amides is 1. The van der Waals surface area contributed by atoms with Crippen LogP contribution in [0.1, 0.15) is 27.7 Å². The van der Waals surface area contributed by atoms with E-state index in [0.29, 0.717) is 25.8 Å². The van der Waals surface area contributed by atoms with Gasteiger partial charge in [-0.05, 0) is 23.8 Å². The highest BCUT2D eigenvalue weighted by Gasteiger charge is 2.32. The highest BCUT2D eigenvalue weighted by molar-refractivity contribution is 5.92. The molecule has 1 atom stereocenters. The summed E-state index contributed by atoms with van der Waals surface area (Å²) in [6.07, 6.45) is -0.460. The first kappa shape index (κ1) is 22.1. The summed E-state index contributed by atoms with van der Waals surface area (Å²) >= 11 is 0. The molecule has 1 N–H and O–H groups in total. The van der Waals surface area contributed by atoms with Gasteiger partial charge in [0, 0.05) is 38.2 Å². The molecule has 2 aromatic rings. The largest absolute Gasteiger partial charge is 0.417 e. The van der Waals surface area contributed by atoms with Crippen molar-refractivity contribution < 1.29 is 18.0 Å². The fourth-order valence-electron chi connectivity index (χ4n) is 2.65. The van der Waals surface area contributed by atoms with Crippen LogP contribution in [0.3, 0.4) is 0 Å². The van der Waals surface area contributed by atoms with E-state index in [-0.39, 0.29) is 42.5 Å². The Balaban J connectivity index is 0.00000169. The standard InChI is InChI=1S/C16H15F3N4O.2ClH/c17-16(18,19)12-3-4-13(22-9-12)15(24)23-7-6-21-10-14(23)11-2-1-5-20-8-11;;/h1-5,8-9,14,21H,6-7,10H2;2*1H. The second-order valence-electron chi connectivity index (χ2n) is 5.43. The van der Waals surface area contributed by atoms with E-state index < -0.39 is 11.7 Å². The van der Waals surface area contributed by atoms with E-state index in [1.165, 1.54) is 0 Å². The number of carbonyl (C=O) groups excluding carboxylic acids is 1. The zero-order chi connectivity index (χ0) is 17.2. The Labute approximate surface area is 160 Å². The molecular weight excluding hydrogens is 392 g/mol. The third-order valence-corrected chi connectivity index (χ3v) is 3.88. The molecule has 0 aliphatic carbocycles. The number of hydrogen-bond acceptors (Lipinski definition) is 4. The van der Waals surface area contributed by atoms with Crippen molar-refractivity contribution in [3.63, 3.8) is 0 Å². The lowest BCUT2D eigenvalue weighted by Crippen LogP contribution is -2.48. The van der Waals surface area contributed by atoms with E-state index >= 15 is 0 Å². The summed E-state index contributed by atoms with van der Waals surface area (Å²) in [4.78, 5) is 22.1. The molecule has 1 saturated heterocycles. The van der Waals surface area contributed by atoms with Crippen LogP contribution in [0.15, 0.2) is 42.9 Å². The number of alkyl halides is 3. The first-order valence-corrected chi connectivity index (χ1v) is 7.41. The summed E-state index contributed by atoms with van der Waals surface area (Å²) in [5.41, 5.74) is -0.00748. The van der Waals surface area contributed by atoms with Crippen LogP contribution in [0.5, 0.6) is 0 Å². The van der Waals surface area contributed by atoms with Crippen molar-refractivity contribution >= 4 is 30.7 Å². The number of nitrogens with one attached hydrogen (secondary N) is 1. The maximum Gasteiger partial charge on any atom is 0.417 e. The van der Waals surface area contributed by atoms with Crippen LogP contribution in [0.4, 0.5) is 13.2 Å². The van der Waals surface area contributed by atoms with Gasteiger partial charge in [0.15, 0.2) is 0 Å². The molecule has 3 rings (SSSR count). The SMILES string of the molecule is Cl.Cl.O=C(c1ccc(C(F)(F)F)cn1)N1CCNCC1c1cccnc1. The zero-order valence-corrected chi connectivity index (χ0v) is 15.1. The number of halogens is 5. The Morgan fingerprint density at radius 1 is 1.19 bits per heavy atom. The van der Waals surface area contributed by atoms with Gasteiger partial charge in [-0.25, -0.2) is 0 Å². The quantitative estimate of drug-likeness (QED) is 0.829. The van der Waals surface area contributed by atoms with Crippen molar-refractivity contribution in [2.45, 2.75) is 12.2 Å². The lowest BCUT2D eigenvalue weighted by atomic mass is 10.0. The van der Waals surface area contributed by atoms with Gasteiger partial charge in [0.25, 0.3) is 5.91 Å². The maximum atomic E-state index is 12.7. The zero-order valence-electron chi connectivity index (χ0n) is 13.4. The van der Waals surface area contributed by atoms with Crippen LogP contribution in [0, 0.1) is 0 Å². The summed E-state index contributed by atoms with van der Waals surface area (Å²) in [6, 6.07) is 5.41. The molecule has 3 heterocycles. The molecule has 0 aromatic carbocycles. The normalized spacial score (nSPS) is 17.0. The van der Waals surface area contributed by atoms with Gasteiger partial charge < -0.3 is 10.2 Å². The average Bonchev–Trinajstić information content (AvgIpc) is 2.61. The van der Waals surface area contributed by atoms with Crippen LogP contribution >= 0.6 is 24.8 Å². The number of pyridine rings is 2. The number of nitrogens with zero attached hydrogens (tertiary/aromatic N) is 3. The number of rotatable bonds is 2. The lowest BCUT2D eigenvalue weighted by Gasteiger charge is -2.36. The van der Waals surface area contributed by atoms with Gasteiger partial charge in [-0.3, -0.25) is 14.8 Å². The fraction of sp³-hybridized carbons (Fsp3) is 0.312. The van der Waals surface area contributed by atoms with Crippen LogP contribution in [0.2, 0.25) is 0 Å². The number of aromatic nitrogens is 2. The minimum absolute atomic E-state index is 0. The van der Waals surface area contributed by atoms with E-state index in [2.05, 4.69) is 15.3 Å². The van der Waals surface area contributed by atoms with E-state index in [0.717, 1.165) is 17.7 Å². The molecule has 5 nitrogen and oxygen atoms in total. The maximum absolute atomic E-state index is 12.7. The van der Waals surface area contributed by atoms with Crippen LogP contribution in [-0.4, -0.2) is 40.4 Å². The second-order valence-corrected chi connectivity index (χ2v) is 5.43. The summed E-state index contributed by atoms with van der Waals surface area (Å²) in [7, 11) is 0. The molecule has 1 amide bonds. The fourth-order valence-corrected chi connectivity index (χ4v) is 2.65. The van der Waals surface area contributed by atoms with Crippen molar-refractivity contribution in [2.24, 2.45) is 0 Å². The summed E-state index contributed by atoms with van der Waals surface area (Å²) in [6.45, 7) is 1.61. The van der Waals surface area contributed by atoms with Crippen molar-refractivity contribution in [1.82, 2.24) is 20.2 Å². The summed E-state index contributed by atoms with van der Waals surface area (Å²) in [5.74, 6) is -0.390. The molecule has 10 heteroatoms. The monoisotopic (exact) mass is 408 g/mol.